The summed E-state index contributed by atoms with van der Waals surface area (Å²) in [5.41, 5.74) is 3.78. The molecular formula is C15H14Cl2N2OS. The van der Waals surface area contributed by atoms with Crippen molar-refractivity contribution in [1.82, 2.24) is 5.43 Å². The van der Waals surface area contributed by atoms with Crippen LogP contribution in [0.2, 0.25) is 10.0 Å². The van der Waals surface area contributed by atoms with Crippen molar-refractivity contribution >= 4 is 35.0 Å². The van der Waals surface area contributed by atoms with Gasteiger partial charge >= 0.3 is 0 Å². The van der Waals surface area contributed by atoms with E-state index < -0.39 is 0 Å². The Morgan fingerprint density at radius 3 is 2.76 bits per heavy atom. The van der Waals surface area contributed by atoms with Gasteiger partial charge in [0.15, 0.2) is 0 Å². The van der Waals surface area contributed by atoms with Crippen molar-refractivity contribution in [2.24, 2.45) is 5.84 Å². The van der Waals surface area contributed by atoms with Gasteiger partial charge in [0.25, 0.3) is 0 Å². The third kappa shape index (κ3) is 3.15. The number of rotatable bonds is 3. The highest BCUT2D eigenvalue weighted by atomic mass is 35.5. The van der Waals surface area contributed by atoms with Crippen molar-refractivity contribution in [1.29, 1.82) is 0 Å². The maximum Gasteiger partial charge on any atom is 0.133 e. The number of ether oxygens (including phenoxy) is 1. The number of nitrogens with two attached hydrogens (primary N) is 1. The van der Waals surface area contributed by atoms with Crippen LogP contribution in [0.4, 0.5) is 0 Å². The van der Waals surface area contributed by atoms with Gasteiger partial charge in [0.2, 0.25) is 0 Å². The van der Waals surface area contributed by atoms with Crippen LogP contribution in [0.15, 0.2) is 47.4 Å². The van der Waals surface area contributed by atoms with Crippen LogP contribution in [0, 0.1) is 0 Å². The van der Waals surface area contributed by atoms with E-state index in [9.17, 15) is 0 Å². The molecule has 0 aromatic heterocycles. The molecule has 1 aliphatic heterocycles. The summed E-state index contributed by atoms with van der Waals surface area (Å²) in [5.74, 6) is 7.43. The number of hydrazine groups is 1. The lowest BCUT2D eigenvalue weighted by Gasteiger charge is -2.31. The summed E-state index contributed by atoms with van der Waals surface area (Å²) < 4.78 is 6.07. The normalized spacial score (nSPS) is 18.7. The monoisotopic (exact) mass is 340 g/mol. The van der Waals surface area contributed by atoms with Gasteiger partial charge in [0.1, 0.15) is 11.9 Å². The van der Waals surface area contributed by atoms with E-state index in [0.29, 0.717) is 10.0 Å². The van der Waals surface area contributed by atoms with Crippen LogP contribution in [-0.4, -0.2) is 11.9 Å². The third-order valence-corrected chi connectivity index (χ3v) is 5.27. The van der Waals surface area contributed by atoms with Gasteiger partial charge in [-0.3, -0.25) is 5.84 Å². The summed E-state index contributed by atoms with van der Waals surface area (Å²) in [4.78, 5) is 1.15. The van der Waals surface area contributed by atoms with Crippen molar-refractivity contribution in [3.8, 4) is 5.75 Å². The molecule has 0 amide bonds. The molecular weight excluding hydrogens is 327 g/mol. The topological polar surface area (TPSA) is 47.3 Å². The maximum absolute atomic E-state index is 6.09. The van der Waals surface area contributed by atoms with E-state index in [1.165, 1.54) is 0 Å². The van der Waals surface area contributed by atoms with E-state index in [4.69, 9.17) is 33.8 Å². The molecule has 0 spiro atoms. The van der Waals surface area contributed by atoms with Crippen molar-refractivity contribution in [2.45, 2.75) is 17.0 Å². The lowest BCUT2D eigenvalue weighted by atomic mass is 10.0. The lowest BCUT2D eigenvalue weighted by Crippen LogP contribution is -2.42. The number of benzene rings is 2. The lowest BCUT2D eigenvalue weighted by molar-refractivity contribution is 0.167. The first-order valence-electron chi connectivity index (χ1n) is 6.48. The Morgan fingerprint density at radius 2 is 2.00 bits per heavy atom. The van der Waals surface area contributed by atoms with Crippen molar-refractivity contribution in [3.05, 3.63) is 58.1 Å². The molecule has 0 saturated heterocycles. The Morgan fingerprint density at radius 1 is 1.19 bits per heavy atom. The molecule has 0 fully saturated rings. The number of nitrogens with one attached hydrogen (secondary N) is 1. The van der Waals surface area contributed by atoms with Crippen molar-refractivity contribution in [3.63, 3.8) is 0 Å². The summed E-state index contributed by atoms with van der Waals surface area (Å²) in [6, 6.07) is 13.3. The molecule has 0 radical (unpaired) electrons. The Balaban J connectivity index is 1.86. The molecule has 0 aliphatic carbocycles. The van der Waals surface area contributed by atoms with Crippen LogP contribution >= 0.6 is 35.0 Å². The second kappa shape index (κ2) is 6.46. The second-order valence-electron chi connectivity index (χ2n) is 4.73. The van der Waals surface area contributed by atoms with Crippen LogP contribution < -0.4 is 16.0 Å². The fourth-order valence-electron chi connectivity index (χ4n) is 2.32. The fourth-order valence-corrected chi connectivity index (χ4v) is 3.67. The maximum atomic E-state index is 6.09. The van der Waals surface area contributed by atoms with Gasteiger partial charge in [0, 0.05) is 10.6 Å². The van der Waals surface area contributed by atoms with E-state index in [0.717, 1.165) is 22.0 Å². The fraction of sp³-hybridized carbons (Fsp3) is 0.200. The predicted octanol–water partition coefficient (Wildman–Crippen LogP) is 4.05. The van der Waals surface area contributed by atoms with Crippen LogP contribution in [0.25, 0.3) is 0 Å². The molecule has 1 heterocycles. The highest BCUT2D eigenvalue weighted by Crippen LogP contribution is 2.38. The number of para-hydroxylation sites is 1. The minimum atomic E-state index is -0.152. The zero-order valence-electron chi connectivity index (χ0n) is 11.1. The molecule has 3 nitrogen and oxygen atoms in total. The number of halogens is 2. The molecule has 21 heavy (non-hydrogen) atoms. The summed E-state index contributed by atoms with van der Waals surface area (Å²) in [6.07, 6.45) is -0.0767. The first kappa shape index (κ1) is 15.0. The number of fused-ring (bicyclic) bond motifs is 1. The Kier molecular flexibility index (Phi) is 4.62. The predicted molar refractivity (Wildman–Crippen MR) is 88.1 cm³/mol. The number of thioether (sulfide) groups is 1. The summed E-state index contributed by atoms with van der Waals surface area (Å²) >= 11 is 13.8. The molecule has 2 atom stereocenters. The van der Waals surface area contributed by atoms with E-state index in [1.807, 2.05) is 30.3 Å². The van der Waals surface area contributed by atoms with Gasteiger partial charge < -0.3 is 4.74 Å². The number of hydrogen-bond donors (Lipinski definition) is 2. The van der Waals surface area contributed by atoms with Crippen LogP contribution in [0.5, 0.6) is 5.75 Å². The van der Waals surface area contributed by atoms with Crippen molar-refractivity contribution in [2.75, 3.05) is 5.75 Å². The van der Waals surface area contributed by atoms with Gasteiger partial charge in [-0.2, -0.15) is 0 Å². The SMILES string of the molecule is NNC(c1ccc(Cl)c(Cl)c1)C1CSc2ccccc2O1. The van der Waals surface area contributed by atoms with Gasteiger partial charge in [-0.15, -0.1) is 11.8 Å². The standard InChI is InChI=1S/C15H14Cl2N2OS/c16-10-6-5-9(7-11(10)17)15(19-18)13-8-21-14-4-2-1-3-12(14)20-13/h1-7,13,15,19H,8,18H2. The van der Waals surface area contributed by atoms with Crippen LogP contribution in [0.3, 0.4) is 0 Å². The van der Waals surface area contributed by atoms with E-state index >= 15 is 0 Å². The zero-order chi connectivity index (χ0) is 14.8. The van der Waals surface area contributed by atoms with E-state index in [-0.39, 0.29) is 12.1 Å². The molecule has 2 aromatic carbocycles. The minimum absolute atomic E-state index is 0.0767. The molecule has 110 valence electrons. The molecule has 1 aliphatic rings. The summed E-state index contributed by atoms with van der Waals surface area (Å²) in [7, 11) is 0. The number of hydrogen-bond acceptors (Lipinski definition) is 4. The average Bonchev–Trinajstić information content (AvgIpc) is 2.51. The Hall–Kier alpha value is -0.910. The van der Waals surface area contributed by atoms with Gasteiger partial charge in [0.05, 0.1) is 16.1 Å². The first-order chi connectivity index (χ1) is 10.2. The van der Waals surface area contributed by atoms with Crippen LogP contribution in [0.1, 0.15) is 11.6 Å². The van der Waals surface area contributed by atoms with Crippen molar-refractivity contribution < 1.29 is 4.74 Å². The van der Waals surface area contributed by atoms with Gasteiger partial charge in [-0.25, -0.2) is 5.43 Å². The second-order valence-corrected chi connectivity index (χ2v) is 6.61. The van der Waals surface area contributed by atoms with E-state index in [1.54, 1.807) is 17.8 Å². The highest BCUT2D eigenvalue weighted by molar-refractivity contribution is 7.99. The highest BCUT2D eigenvalue weighted by Gasteiger charge is 2.29. The molecule has 6 heteroatoms. The summed E-state index contributed by atoms with van der Waals surface area (Å²) in [5, 5.41) is 1.04. The third-order valence-electron chi connectivity index (χ3n) is 3.38. The molecule has 3 N–H and O–H groups in total. The minimum Gasteiger partial charge on any atom is -0.486 e. The molecule has 2 unspecified atom stereocenters. The zero-order valence-corrected chi connectivity index (χ0v) is 13.4. The molecule has 0 bridgehead atoms. The quantitative estimate of drug-likeness (QED) is 0.653. The molecule has 3 rings (SSSR count). The Bertz CT molecular complexity index is 653. The van der Waals surface area contributed by atoms with Gasteiger partial charge in [-0.1, -0.05) is 41.4 Å². The average molecular weight is 341 g/mol. The smallest absolute Gasteiger partial charge is 0.133 e. The molecule has 0 saturated carbocycles. The van der Waals surface area contributed by atoms with E-state index in [2.05, 4.69) is 11.5 Å². The molecule has 2 aromatic rings. The Labute approximate surface area is 137 Å². The summed E-state index contributed by atoms with van der Waals surface area (Å²) in [6.45, 7) is 0. The van der Waals surface area contributed by atoms with Gasteiger partial charge in [-0.05, 0) is 29.8 Å². The largest absolute Gasteiger partial charge is 0.486 e. The first-order valence-corrected chi connectivity index (χ1v) is 8.23. The van der Waals surface area contributed by atoms with Crippen LogP contribution in [-0.2, 0) is 0 Å².